The molecule has 3 aromatic rings. The van der Waals surface area contributed by atoms with E-state index in [1.54, 1.807) is 12.1 Å². The zero-order chi connectivity index (χ0) is 23.6. The summed E-state index contributed by atoms with van der Waals surface area (Å²) in [5.41, 5.74) is 3.82. The van der Waals surface area contributed by atoms with Gasteiger partial charge in [0.1, 0.15) is 0 Å². The number of fused-ring (bicyclic) bond motifs is 6. The van der Waals surface area contributed by atoms with Gasteiger partial charge in [0, 0.05) is 11.1 Å². The molecule has 2 bridgehead atoms. The second-order valence-electron chi connectivity index (χ2n) is 10.3. The molecule has 6 heteroatoms. The molecule has 0 aliphatic heterocycles. The van der Waals surface area contributed by atoms with Crippen molar-refractivity contribution in [1.29, 1.82) is 0 Å². The number of nitrogens with one attached hydrogen (secondary N) is 1. The lowest BCUT2D eigenvalue weighted by atomic mass is 9.63. The zero-order valence-corrected chi connectivity index (χ0v) is 21.1. The molecule has 2 aliphatic carbocycles. The molecule has 1 heterocycles. The number of rotatable bonds is 5. The molecule has 1 N–H and O–H groups in total. The van der Waals surface area contributed by atoms with Crippen LogP contribution in [0.3, 0.4) is 0 Å². The number of aryl methyl sites for hydroxylation is 1. The zero-order valence-electron chi connectivity index (χ0n) is 19.6. The van der Waals surface area contributed by atoms with E-state index in [-0.39, 0.29) is 16.7 Å². The number of carbonyl (C=O) groups is 1. The summed E-state index contributed by atoms with van der Waals surface area (Å²) in [5.74, 6) is -0.00927. The molecule has 5 rings (SSSR count). The normalized spacial score (nSPS) is 24.8. The van der Waals surface area contributed by atoms with Crippen LogP contribution < -0.4 is 5.32 Å². The number of hydrogen-bond acceptors (Lipinski definition) is 3. The van der Waals surface area contributed by atoms with Crippen molar-refractivity contribution in [3.63, 3.8) is 0 Å². The molecular formula is C27H29Cl2N3O. The molecule has 2 atom stereocenters. The van der Waals surface area contributed by atoms with Crippen molar-refractivity contribution < 1.29 is 4.79 Å². The summed E-state index contributed by atoms with van der Waals surface area (Å²) < 4.78 is 0. The summed E-state index contributed by atoms with van der Waals surface area (Å²) in [5, 5.41) is 4.11. The maximum atomic E-state index is 14.0. The Bertz CT molecular complexity index is 1270. The molecule has 2 aliphatic rings. The number of unbranched alkanes of at least 4 members (excludes halogenated alkanes) is 1. The first-order valence-corrected chi connectivity index (χ1v) is 12.5. The van der Waals surface area contributed by atoms with Crippen LogP contribution in [0.15, 0.2) is 36.4 Å². The van der Waals surface area contributed by atoms with E-state index >= 15 is 0 Å². The van der Waals surface area contributed by atoms with Crippen LogP contribution in [0.1, 0.15) is 70.3 Å². The van der Waals surface area contributed by atoms with E-state index in [0.717, 1.165) is 36.3 Å². The lowest BCUT2D eigenvalue weighted by molar-refractivity contribution is -0.125. The maximum absolute atomic E-state index is 14.0. The van der Waals surface area contributed by atoms with Gasteiger partial charge >= 0.3 is 0 Å². The number of benzene rings is 2. The Morgan fingerprint density at radius 3 is 2.18 bits per heavy atom. The number of nitrogens with zero attached hydrogens (tertiary/aromatic N) is 2. The summed E-state index contributed by atoms with van der Waals surface area (Å²) in [6.45, 7) is 8.77. The number of hydrogen-bond donors (Lipinski definition) is 1. The van der Waals surface area contributed by atoms with Crippen molar-refractivity contribution >= 4 is 45.8 Å². The molecule has 1 amide bonds. The van der Waals surface area contributed by atoms with Crippen LogP contribution in [0.25, 0.3) is 11.0 Å². The third-order valence-electron chi connectivity index (χ3n) is 8.50. The largest absolute Gasteiger partial charge is 0.325 e. The molecule has 0 radical (unpaired) electrons. The Morgan fingerprint density at radius 1 is 0.970 bits per heavy atom. The van der Waals surface area contributed by atoms with E-state index in [0.29, 0.717) is 21.1 Å². The number of halogens is 2. The molecule has 1 fully saturated rings. The minimum absolute atomic E-state index is 0.00927. The smallest absolute Gasteiger partial charge is 0.237 e. The first-order valence-electron chi connectivity index (χ1n) is 11.7. The van der Waals surface area contributed by atoms with Crippen LogP contribution in [-0.2, 0) is 22.0 Å². The second-order valence-corrected chi connectivity index (χ2v) is 11.1. The van der Waals surface area contributed by atoms with E-state index < -0.39 is 5.41 Å². The van der Waals surface area contributed by atoms with Crippen LogP contribution in [0.5, 0.6) is 0 Å². The predicted molar refractivity (Wildman–Crippen MR) is 135 cm³/mol. The van der Waals surface area contributed by atoms with Gasteiger partial charge < -0.3 is 5.32 Å². The van der Waals surface area contributed by atoms with Gasteiger partial charge in [0.2, 0.25) is 5.91 Å². The average molecular weight is 482 g/mol. The highest BCUT2D eigenvalue weighted by molar-refractivity contribution is 6.42. The van der Waals surface area contributed by atoms with Gasteiger partial charge in [-0.3, -0.25) is 4.79 Å². The lowest BCUT2D eigenvalue weighted by Gasteiger charge is -2.39. The van der Waals surface area contributed by atoms with Crippen LogP contribution in [-0.4, -0.2) is 15.9 Å². The SMILES string of the molecule is CCCCc1ccc(NC(=O)C23CCC(C)(c4nc5cc(Cl)c(Cl)cc5nc42)C3(C)C)cc1. The van der Waals surface area contributed by atoms with E-state index in [1.807, 2.05) is 12.1 Å². The molecule has 2 unspecified atom stereocenters. The first kappa shape index (κ1) is 22.6. The Hall–Kier alpha value is -2.17. The Kier molecular flexibility index (Phi) is 5.26. The minimum Gasteiger partial charge on any atom is -0.325 e. The molecule has 1 aromatic heterocycles. The van der Waals surface area contributed by atoms with Crippen molar-refractivity contribution in [1.82, 2.24) is 9.97 Å². The average Bonchev–Trinajstić information content (AvgIpc) is 3.08. The van der Waals surface area contributed by atoms with Gasteiger partial charge in [-0.25, -0.2) is 9.97 Å². The van der Waals surface area contributed by atoms with Gasteiger partial charge in [-0.2, -0.15) is 0 Å². The highest BCUT2D eigenvalue weighted by Crippen LogP contribution is 2.70. The van der Waals surface area contributed by atoms with Crippen LogP contribution >= 0.6 is 23.2 Å². The fourth-order valence-corrected chi connectivity index (χ4v) is 6.29. The van der Waals surface area contributed by atoms with Gasteiger partial charge in [0.25, 0.3) is 0 Å². The molecular weight excluding hydrogens is 453 g/mol. The summed E-state index contributed by atoms with van der Waals surface area (Å²) in [7, 11) is 0. The Labute approximate surface area is 205 Å². The van der Waals surface area contributed by atoms with Crippen molar-refractivity contribution in [2.24, 2.45) is 5.41 Å². The predicted octanol–water partition coefficient (Wildman–Crippen LogP) is 7.25. The minimum atomic E-state index is -0.759. The van der Waals surface area contributed by atoms with Crippen molar-refractivity contribution in [3.05, 3.63) is 63.4 Å². The highest BCUT2D eigenvalue weighted by Gasteiger charge is 2.73. The summed E-state index contributed by atoms with van der Waals surface area (Å²) in [6.07, 6.45) is 5.02. The van der Waals surface area contributed by atoms with Crippen LogP contribution in [0.2, 0.25) is 10.0 Å². The lowest BCUT2D eigenvalue weighted by Crippen LogP contribution is -2.48. The summed E-state index contributed by atoms with van der Waals surface area (Å²) >= 11 is 12.5. The monoisotopic (exact) mass is 481 g/mol. The van der Waals surface area contributed by atoms with E-state index in [1.165, 1.54) is 18.4 Å². The fraction of sp³-hybridized carbons (Fsp3) is 0.444. The number of carbonyl (C=O) groups excluding carboxylic acids is 1. The fourth-order valence-electron chi connectivity index (χ4n) is 5.97. The van der Waals surface area contributed by atoms with Crippen LogP contribution in [0.4, 0.5) is 5.69 Å². The number of aromatic nitrogens is 2. The molecule has 2 aromatic carbocycles. The molecule has 172 valence electrons. The van der Waals surface area contributed by atoms with E-state index in [4.69, 9.17) is 33.2 Å². The topological polar surface area (TPSA) is 54.9 Å². The van der Waals surface area contributed by atoms with Gasteiger partial charge in [-0.15, -0.1) is 0 Å². The molecule has 33 heavy (non-hydrogen) atoms. The van der Waals surface area contributed by atoms with Gasteiger partial charge in [0.05, 0.1) is 37.9 Å². The van der Waals surface area contributed by atoms with Gasteiger partial charge in [-0.1, -0.05) is 69.5 Å². The molecule has 0 saturated heterocycles. The standard InChI is InChI=1S/C27H29Cl2N3O/c1-5-6-7-16-8-10-17(11-9-16)30-24(33)27-13-12-26(4,25(27,2)3)22-23(27)32-21-15-19(29)18(28)14-20(21)31-22/h8-11,14-15H,5-7,12-13H2,1-4H3,(H,30,33). The number of amides is 1. The highest BCUT2D eigenvalue weighted by atomic mass is 35.5. The quantitative estimate of drug-likeness (QED) is 0.417. The Balaban J connectivity index is 1.58. The van der Waals surface area contributed by atoms with Gasteiger partial charge in [-0.05, 0) is 60.9 Å². The van der Waals surface area contributed by atoms with Gasteiger partial charge in [0.15, 0.2) is 0 Å². The Morgan fingerprint density at radius 2 is 1.58 bits per heavy atom. The molecule has 4 nitrogen and oxygen atoms in total. The van der Waals surface area contributed by atoms with Crippen molar-refractivity contribution in [3.8, 4) is 0 Å². The summed E-state index contributed by atoms with van der Waals surface area (Å²) in [4.78, 5) is 24.0. The third-order valence-corrected chi connectivity index (χ3v) is 9.22. The van der Waals surface area contributed by atoms with E-state index in [9.17, 15) is 4.79 Å². The van der Waals surface area contributed by atoms with Crippen molar-refractivity contribution in [2.75, 3.05) is 5.32 Å². The summed E-state index contributed by atoms with van der Waals surface area (Å²) in [6, 6.07) is 11.7. The molecule has 0 spiro atoms. The van der Waals surface area contributed by atoms with Crippen LogP contribution in [0, 0.1) is 5.41 Å². The molecule has 1 saturated carbocycles. The van der Waals surface area contributed by atoms with E-state index in [2.05, 4.69) is 45.1 Å². The first-order chi connectivity index (χ1) is 15.6. The van der Waals surface area contributed by atoms with Crippen molar-refractivity contribution in [2.45, 2.75) is 70.6 Å². The third kappa shape index (κ3) is 3.06. The number of anilines is 1. The maximum Gasteiger partial charge on any atom is 0.237 e. The second kappa shape index (κ2) is 7.68.